The summed E-state index contributed by atoms with van der Waals surface area (Å²) < 4.78 is 0. The van der Waals surface area contributed by atoms with E-state index in [0.717, 1.165) is 24.7 Å². The Morgan fingerprint density at radius 1 is 0.818 bits per heavy atom. The summed E-state index contributed by atoms with van der Waals surface area (Å²) in [4.78, 5) is 0. The third-order valence-corrected chi connectivity index (χ3v) is 6.86. The van der Waals surface area contributed by atoms with Crippen molar-refractivity contribution in [3.63, 3.8) is 0 Å². The minimum absolute atomic E-state index is 0.298. The summed E-state index contributed by atoms with van der Waals surface area (Å²) in [7, 11) is 0. The summed E-state index contributed by atoms with van der Waals surface area (Å²) in [6.45, 7) is 0. The molecule has 22 heavy (non-hydrogen) atoms. The molecule has 0 spiro atoms. The molecule has 0 aromatic heterocycles. The number of aryl methyl sites for hydroxylation is 1. The fourth-order valence-electron chi connectivity index (χ4n) is 5.86. The van der Waals surface area contributed by atoms with Crippen LogP contribution < -0.4 is 11.5 Å². The van der Waals surface area contributed by atoms with Crippen molar-refractivity contribution in [1.29, 1.82) is 0 Å². The first-order valence-electron chi connectivity index (χ1n) is 9.34. The lowest BCUT2D eigenvalue weighted by molar-refractivity contribution is 0.0595. The average Bonchev–Trinajstić information content (AvgIpc) is 2.56. The highest BCUT2D eigenvalue weighted by molar-refractivity contribution is 5.35. The average molecular weight is 298 g/mol. The maximum atomic E-state index is 6.68. The second-order valence-electron chi connectivity index (χ2n) is 7.95. The van der Waals surface area contributed by atoms with Gasteiger partial charge in [0.1, 0.15) is 0 Å². The molecule has 2 fully saturated rings. The molecule has 1 aromatic carbocycles. The lowest BCUT2D eigenvalue weighted by Crippen LogP contribution is -2.51. The molecule has 120 valence electrons. The normalized spacial score (nSPS) is 41.5. The van der Waals surface area contributed by atoms with E-state index in [2.05, 4.69) is 24.3 Å². The Labute approximate surface area is 134 Å². The van der Waals surface area contributed by atoms with Gasteiger partial charge in [0.05, 0.1) is 0 Å². The Morgan fingerprint density at radius 3 is 2.55 bits per heavy atom. The minimum atomic E-state index is 0.298. The van der Waals surface area contributed by atoms with Gasteiger partial charge >= 0.3 is 0 Å². The van der Waals surface area contributed by atoms with Crippen LogP contribution in [0.25, 0.3) is 0 Å². The molecule has 0 saturated heterocycles. The Bertz CT molecular complexity index is 526. The standard InChI is InChI=1S/C20H30N2/c21-17-11-9-13-5-1-3-7-15(13)19(17)20-16-8-4-2-6-14(16)10-12-18(20)22/h1,3,5,7,14,16-20H,2,4,6,8-12,21-22H2. The van der Waals surface area contributed by atoms with Crippen LogP contribution >= 0.6 is 0 Å². The van der Waals surface area contributed by atoms with Gasteiger partial charge in [-0.25, -0.2) is 0 Å². The summed E-state index contributed by atoms with van der Waals surface area (Å²) in [6, 6.07) is 9.65. The van der Waals surface area contributed by atoms with Gasteiger partial charge in [-0.1, -0.05) is 43.5 Å². The number of hydrogen-bond acceptors (Lipinski definition) is 2. The molecule has 1 aromatic rings. The summed E-state index contributed by atoms with van der Waals surface area (Å²) in [5, 5.41) is 0. The third-order valence-electron chi connectivity index (χ3n) is 6.86. The first kappa shape index (κ1) is 14.7. The first-order chi connectivity index (χ1) is 10.8. The van der Waals surface area contributed by atoms with Crippen LogP contribution in [0.1, 0.15) is 62.0 Å². The van der Waals surface area contributed by atoms with Gasteiger partial charge in [0.2, 0.25) is 0 Å². The molecule has 0 amide bonds. The van der Waals surface area contributed by atoms with E-state index in [1.54, 1.807) is 0 Å². The SMILES string of the molecule is NC1CCc2ccccc2C1C1C(N)CCC2CCCCC21. The van der Waals surface area contributed by atoms with Crippen molar-refractivity contribution in [2.45, 2.75) is 69.4 Å². The highest BCUT2D eigenvalue weighted by Gasteiger charge is 2.45. The summed E-state index contributed by atoms with van der Waals surface area (Å²) in [5.74, 6) is 2.83. The van der Waals surface area contributed by atoms with E-state index < -0.39 is 0 Å². The molecule has 3 aliphatic rings. The van der Waals surface area contributed by atoms with E-state index >= 15 is 0 Å². The highest BCUT2D eigenvalue weighted by atomic mass is 14.7. The van der Waals surface area contributed by atoms with Gasteiger partial charge in [-0.2, -0.15) is 0 Å². The fourth-order valence-corrected chi connectivity index (χ4v) is 5.86. The highest BCUT2D eigenvalue weighted by Crippen LogP contribution is 2.51. The molecule has 0 bridgehead atoms. The van der Waals surface area contributed by atoms with Gasteiger partial charge in [-0.05, 0) is 61.0 Å². The predicted octanol–water partition coefficient (Wildman–Crippen LogP) is 3.59. The maximum absolute atomic E-state index is 6.68. The van der Waals surface area contributed by atoms with Crippen LogP contribution in [0.2, 0.25) is 0 Å². The zero-order valence-corrected chi connectivity index (χ0v) is 13.6. The molecule has 4 N–H and O–H groups in total. The van der Waals surface area contributed by atoms with Crippen LogP contribution in [0, 0.1) is 17.8 Å². The molecule has 6 atom stereocenters. The molecule has 0 heterocycles. The number of benzene rings is 1. The molecule has 4 rings (SSSR count). The Kier molecular flexibility index (Phi) is 4.00. The van der Waals surface area contributed by atoms with Crippen molar-refractivity contribution in [2.24, 2.45) is 29.2 Å². The second-order valence-corrected chi connectivity index (χ2v) is 7.95. The molecule has 6 unspecified atom stereocenters. The minimum Gasteiger partial charge on any atom is -0.327 e. The number of rotatable bonds is 1. The van der Waals surface area contributed by atoms with Crippen molar-refractivity contribution < 1.29 is 0 Å². The van der Waals surface area contributed by atoms with Crippen molar-refractivity contribution in [3.05, 3.63) is 35.4 Å². The quantitative estimate of drug-likeness (QED) is 0.832. The lowest BCUT2D eigenvalue weighted by atomic mass is 9.57. The van der Waals surface area contributed by atoms with E-state index in [-0.39, 0.29) is 0 Å². The molecule has 0 aliphatic heterocycles. The van der Waals surface area contributed by atoms with Crippen LogP contribution in [0.3, 0.4) is 0 Å². The van der Waals surface area contributed by atoms with Crippen LogP contribution in [0.5, 0.6) is 0 Å². The maximum Gasteiger partial charge on any atom is 0.0114 e. The van der Waals surface area contributed by atoms with Crippen molar-refractivity contribution in [2.75, 3.05) is 0 Å². The van der Waals surface area contributed by atoms with Gasteiger partial charge in [0, 0.05) is 18.0 Å². The van der Waals surface area contributed by atoms with Gasteiger partial charge in [0.15, 0.2) is 0 Å². The predicted molar refractivity (Wildman–Crippen MR) is 91.6 cm³/mol. The van der Waals surface area contributed by atoms with Crippen LogP contribution in [0.4, 0.5) is 0 Å². The van der Waals surface area contributed by atoms with Gasteiger partial charge in [0.25, 0.3) is 0 Å². The van der Waals surface area contributed by atoms with E-state index in [1.807, 2.05) is 0 Å². The Balaban J connectivity index is 1.72. The smallest absolute Gasteiger partial charge is 0.0114 e. The zero-order valence-electron chi connectivity index (χ0n) is 13.6. The van der Waals surface area contributed by atoms with E-state index in [0.29, 0.717) is 23.9 Å². The topological polar surface area (TPSA) is 52.0 Å². The van der Waals surface area contributed by atoms with Gasteiger partial charge in [-0.15, -0.1) is 0 Å². The van der Waals surface area contributed by atoms with Crippen LogP contribution in [0.15, 0.2) is 24.3 Å². The molecule has 3 aliphatic carbocycles. The Hall–Kier alpha value is -0.860. The number of fused-ring (bicyclic) bond motifs is 2. The molecule has 2 nitrogen and oxygen atoms in total. The lowest BCUT2D eigenvalue weighted by Gasteiger charge is -2.50. The fraction of sp³-hybridized carbons (Fsp3) is 0.700. The van der Waals surface area contributed by atoms with Gasteiger partial charge < -0.3 is 11.5 Å². The molecular weight excluding hydrogens is 268 g/mol. The van der Waals surface area contributed by atoms with E-state index in [1.165, 1.54) is 49.7 Å². The van der Waals surface area contributed by atoms with Crippen molar-refractivity contribution in [1.82, 2.24) is 0 Å². The molecule has 0 radical (unpaired) electrons. The van der Waals surface area contributed by atoms with Crippen LogP contribution in [-0.2, 0) is 6.42 Å². The zero-order chi connectivity index (χ0) is 15.1. The number of hydrogen-bond donors (Lipinski definition) is 2. The Morgan fingerprint density at radius 2 is 1.64 bits per heavy atom. The summed E-state index contributed by atoms with van der Waals surface area (Å²) >= 11 is 0. The monoisotopic (exact) mass is 298 g/mol. The molecule has 2 saturated carbocycles. The van der Waals surface area contributed by atoms with E-state index in [9.17, 15) is 0 Å². The van der Waals surface area contributed by atoms with Crippen molar-refractivity contribution in [3.8, 4) is 0 Å². The largest absolute Gasteiger partial charge is 0.327 e. The van der Waals surface area contributed by atoms with Crippen molar-refractivity contribution >= 4 is 0 Å². The molecular formula is C20H30N2. The van der Waals surface area contributed by atoms with E-state index in [4.69, 9.17) is 11.5 Å². The number of nitrogens with two attached hydrogens (primary N) is 2. The summed E-state index contributed by atoms with van der Waals surface area (Å²) in [5.41, 5.74) is 16.4. The summed E-state index contributed by atoms with van der Waals surface area (Å²) in [6.07, 6.45) is 10.5. The van der Waals surface area contributed by atoms with Crippen LogP contribution in [-0.4, -0.2) is 12.1 Å². The third kappa shape index (κ3) is 2.41. The molecule has 2 heteroatoms. The van der Waals surface area contributed by atoms with Gasteiger partial charge in [-0.3, -0.25) is 0 Å². The second kappa shape index (κ2) is 5.98. The first-order valence-corrected chi connectivity index (χ1v) is 9.34.